The van der Waals surface area contributed by atoms with Crippen molar-refractivity contribution in [3.8, 4) is 0 Å². The molecule has 1 nitrogen and oxygen atoms in total. The molecule has 4 heteroatoms. The van der Waals surface area contributed by atoms with Crippen LogP contribution in [-0.4, -0.2) is 12.8 Å². The van der Waals surface area contributed by atoms with Crippen LogP contribution in [0.2, 0.25) is 0 Å². The second kappa shape index (κ2) is 2.46. The van der Waals surface area contributed by atoms with Gasteiger partial charge in [-0.25, -0.2) is 0 Å². The zero-order valence-electron chi connectivity index (χ0n) is 5.63. The Kier molecular flexibility index (Phi) is 1.58. The van der Waals surface area contributed by atoms with Gasteiger partial charge in [0, 0.05) is 0 Å². The van der Waals surface area contributed by atoms with E-state index in [1.54, 1.807) is 11.3 Å². The Labute approximate surface area is 74.5 Å². The first kappa shape index (κ1) is 7.07. The van der Waals surface area contributed by atoms with Crippen molar-refractivity contribution in [2.75, 3.05) is 0 Å². The number of hydrogen-bond acceptors (Lipinski definition) is 2. The number of para-hydroxylation sites is 1. The third-order valence-corrected chi connectivity index (χ3v) is 2.69. The first-order valence-corrected chi connectivity index (χ1v) is 4.37. The average molecular weight is 177 g/mol. The third-order valence-electron chi connectivity index (χ3n) is 1.49. The SMILES string of the molecule is [B]c1cccc2sc(=S)[nH]c12. The van der Waals surface area contributed by atoms with Gasteiger partial charge >= 0.3 is 0 Å². The minimum Gasteiger partial charge on any atom is -0.337 e. The van der Waals surface area contributed by atoms with Crippen LogP contribution < -0.4 is 5.46 Å². The molecule has 0 unspecified atom stereocenters. The van der Waals surface area contributed by atoms with Gasteiger partial charge in [-0.05, 0) is 18.3 Å². The molecule has 2 aromatic rings. The van der Waals surface area contributed by atoms with E-state index in [0.717, 1.165) is 19.6 Å². The molecule has 2 radical (unpaired) electrons. The molecule has 0 aliphatic rings. The molecule has 0 saturated carbocycles. The molecular formula is C7H4BNS2. The number of hydrogen-bond donors (Lipinski definition) is 1. The minimum atomic E-state index is 0.759. The molecule has 1 aromatic heterocycles. The molecule has 1 heterocycles. The van der Waals surface area contributed by atoms with Gasteiger partial charge in [-0.1, -0.05) is 17.6 Å². The molecule has 1 aromatic carbocycles. The van der Waals surface area contributed by atoms with Crippen molar-refractivity contribution < 1.29 is 0 Å². The third kappa shape index (κ3) is 1.12. The van der Waals surface area contributed by atoms with Gasteiger partial charge in [-0.3, -0.25) is 0 Å². The highest BCUT2D eigenvalue weighted by Gasteiger charge is 1.96. The van der Waals surface area contributed by atoms with Crippen LogP contribution in [0.15, 0.2) is 18.2 Å². The summed E-state index contributed by atoms with van der Waals surface area (Å²) < 4.78 is 1.90. The number of fused-ring (bicyclic) bond motifs is 1. The summed E-state index contributed by atoms with van der Waals surface area (Å²) in [6.45, 7) is 0. The highest BCUT2D eigenvalue weighted by Crippen LogP contribution is 2.16. The molecule has 0 aliphatic heterocycles. The number of aromatic nitrogens is 1. The van der Waals surface area contributed by atoms with Crippen molar-refractivity contribution in [1.82, 2.24) is 4.98 Å². The van der Waals surface area contributed by atoms with Crippen LogP contribution in [0.25, 0.3) is 10.2 Å². The maximum absolute atomic E-state index is 5.70. The van der Waals surface area contributed by atoms with Gasteiger partial charge in [-0.2, -0.15) is 0 Å². The molecule has 0 spiro atoms. The zero-order chi connectivity index (χ0) is 7.84. The highest BCUT2D eigenvalue weighted by atomic mass is 32.1. The van der Waals surface area contributed by atoms with E-state index in [2.05, 4.69) is 4.98 Å². The van der Waals surface area contributed by atoms with Crippen molar-refractivity contribution in [2.24, 2.45) is 0 Å². The molecular weight excluding hydrogens is 173 g/mol. The second-order valence-corrected chi connectivity index (χ2v) is 3.95. The van der Waals surface area contributed by atoms with Gasteiger partial charge in [0.1, 0.15) is 7.85 Å². The number of nitrogens with one attached hydrogen (secondary N) is 1. The Morgan fingerprint density at radius 1 is 1.45 bits per heavy atom. The van der Waals surface area contributed by atoms with Gasteiger partial charge in [0.25, 0.3) is 0 Å². The number of thiazole rings is 1. The van der Waals surface area contributed by atoms with Gasteiger partial charge in [-0.15, -0.1) is 11.3 Å². The molecule has 0 saturated heterocycles. The van der Waals surface area contributed by atoms with Crippen LogP contribution in [0.3, 0.4) is 0 Å². The standard InChI is InChI=1S/C7H4BNS2/c8-4-2-1-3-5-6(4)9-7(10)11-5/h1-3H,(H,9,10). The van der Waals surface area contributed by atoms with Crippen molar-refractivity contribution in [3.63, 3.8) is 0 Å². The van der Waals surface area contributed by atoms with Crippen LogP contribution in [-0.2, 0) is 0 Å². The molecule has 0 atom stereocenters. The van der Waals surface area contributed by atoms with E-state index >= 15 is 0 Å². The minimum absolute atomic E-state index is 0.759. The van der Waals surface area contributed by atoms with Gasteiger partial charge in [0.2, 0.25) is 0 Å². The quantitative estimate of drug-likeness (QED) is 0.478. The van der Waals surface area contributed by atoms with Gasteiger partial charge in [0.15, 0.2) is 3.95 Å². The van der Waals surface area contributed by atoms with E-state index in [4.69, 9.17) is 20.1 Å². The lowest BCUT2D eigenvalue weighted by atomic mass is 9.95. The molecule has 11 heavy (non-hydrogen) atoms. The lowest BCUT2D eigenvalue weighted by Crippen LogP contribution is -2.01. The Bertz CT molecular complexity index is 443. The molecule has 0 aliphatic carbocycles. The Hall–Kier alpha value is -0.605. The zero-order valence-corrected chi connectivity index (χ0v) is 7.26. The fourth-order valence-corrected chi connectivity index (χ4v) is 2.14. The summed E-state index contributed by atoms with van der Waals surface area (Å²) in [5.74, 6) is 0. The first-order chi connectivity index (χ1) is 5.27. The van der Waals surface area contributed by atoms with Gasteiger partial charge < -0.3 is 4.98 Å². The number of rotatable bonds is 0. The predicted octanol–water partition coefficient (Wildman–Crippen LogP) is 1.75. The van der Waals surface area contributed by atoms with E-state index in [9.17, 15) is 0 Å². The largest absolute Gasteiger partial charge is 0.337 e. The van der Waals surface area contributed by atoms with Crippen LogP contribution >= 0.6 is 23.6 Å². The summed E-state index contributed by atoms with van der Waals surface area (Å²) >= 11 is 6.53. The average Bonchev–Trinajstić information content (AvgIpc) is 2.31. The topological polar surface area (TPSA) is 15.8 Å². The van der Waals surface area contributed by atoms with Crippen molar-refractivity contribution >= 4 is 47.1 Å². The molecule has 52 valence electrons. The Balaban J connectivity index is 3.01. The highest BCUT2D eigenvalue weighted by molar-refractivity contribution is 7.73. The second-order valence-electron chi connectivity index (χ2n) is 2.23. The van der Waals surface area contributed by atoms with E-state index < -0.39 is 0 Å². The van der Waals surface area contributed by atoms with Gasteiger partial charge in [0.05, 0.1) is 10.2 Å². The molecule has 0 amide bonds. The van der Waals surface area contributed by atoms with Crippen LogP contribution in [0.1, 0.15) is 0 Å². The predicted molar refractivity (Wildman–Crippen MR) is 52.4 cm³/mol. The van der Waals surface area contributed by atoms with E-state index in [0.29, 0.717) is 0 Å². The maximum Gasteiger partial charge on any atom is 0.159 e. The monoisotopic (exact) mass is 177 g/mol. The van der Waals surface area contributed by atoms with E-state index in [1.807, 2.05) is 18.2 Å². The fraction of sp³-hybridized carbons (Fsp3) is 0. The normalized spacial score (nSPS) is 10.5. The van der Waals surface area contributed by atoms with E-state index in [1.165, 1.54) is 0 Å². The van der Waals surface area contributed by atoms with Crippen LogP contribution in [0.5, 0.6) is 0 Å². The maximum atomic E-state index is 5.70. The van der Waals surface area contributed by atoms with Crippen molar-refractivity contribution in [3.05, 3.63) is 22.2 Å². The summed E-state index contributed by atoms with van der Waals surface area (Å²) in [5, 5.41) is 0. The number of aromatic amines is 1. The van der Waals surface area contributed by atoms with Crippen molar-refractivity contribution in [2.45, 2.75) is 0 Å². The summed E-state index contributed by atoms with van der Waals surface area (Å²) in [7, 11) is 5.70. The van der Waals surface area contributed by atoms with Crippen LogP contribution in [0.4, 0.5) is 0 Å². The fourth-order valence-electron chi connectivity index (χ4n) is 0.994. The summed E-state index contributed by atoms with van der Waals surface area (Å²) in [4.78, 5) is 3.04. The summed E-state index contributed by atoms with van der Waals surface area (Å²) in [5.41, 5.74) is 1.72. The molecule has 0 bridgehead atoms. The number of benzene rings is 1. The molecule has 2 rings (SSSR count). The smallest absolute Gasteiger partial charge is 0.159 e. The summed E-state index contributed by atoms with van der Waals surface area (Å²) in [6.07, 6.45) is 0. The molecule has 0 fully saturated rings. The Morgan fingerprint density at radius 2 is 2.27 bits per heavy atom. The van der Waals surface area contributed by atoms with Crippen LogP contribution in [0, 0.1) is 3.95 Å². The van der Waals surface area contributed by atoms with E-state index in [-0.39, 0.29) is 0 Å². The van der Waals surface area contributed by atoms with Crippen molar-refractivity contribution in [1.29, 1.82) is 0 Å². The Morgan fingerprint density at radius 3 is 3.00 bits per heavy atom. The number of H-pyrrole nitrogens is 1. The molecule has 1 N–H and O–H groups in total. The lowest BCUT2D eigenvalue weighted by molar-refractivity contribution is 1.48. The lowest BCUT2D eigenvalue weighted by Gasteiger charge is -1.91. The first-order valence-electron chi connectivity index (χ1n) is 3.15. The summed E-state index contributed by atoms with van der Waals surface area (Å²) in [6, 6.07) is 5.79.